The summed E-state index contributed by atoms with van der Waals surface area (Å²) in [7, 11) is 0. The minimum absolute atomic E-state index is 0.0771. The molecule has 0 aliphatic rings. The quantitative estimate of drug-likeness (QED) is 0.865. The number of halogens is 1. The Labute approximate surface area is 145 Å². The van der Waals surface area contributed by atoms with Crippen LogP contribution in [0.2, 0.25) is 5.02 Å². The lowest BCUT2D eigenvalue weighted by Gasteiger charge is -2.28. The number of amides is 2. The van der Waals surface area contributed by atoms with E-state index < -0.39 is 0 Å². The van der Waals surface area contributed by atoms with E-state index in [1.165, 1.54) is 4.90 Å². The SMILES string of the molecule is CCC(C)N(CC(=O)Nc1cc(C)on1)C(=O)c1cccc(Cl)c1. The maximum atomic E-state index is 12.7. The van der Waals surface area contributed by atoms with Gasteiger partial charge in [0.25, 0.3) is 5.91 Å². The second kappa shape index (κ2) is 7.97. The Bertz CT molecular complexity index is 729. The van der Waals surface area contributed by atoms with Gasteiger partial charge in [-0.05, 0) is 38.5 Å². The summed E-state index contributed by atoms with van der Waals surface area (Å²) in [6.45, 7) is 5.51. The highest BCUT2D eigenvalue weighted by Crippen LogP contribution is 2.16. The van der Waals surface area contributed by atoms with E-state index in [0.29, 0.717) is 22.2 Å². The van der Waals surface area contributed by atoms with E-state index in [1.54, 1.807) is 37.3 Å². The zero-order valence-corrected chi connectivity index (χ0v) is 14.6. The van der Waals surface area contributed by atoms with E-state index >= 15 is 0 Å². The molecule has 0 aliphatic heterocycles. The van der Waals surface area contributed by atoms with Crippen LogP contribution < -0.4 is 5.32 Å². The van der Waals surface area contributed by atoms with Gasteiger partial charge in [0, 0.05) is 22.7 Å². The topological polar surface area (TPSA) is 75.4 Å². The minimum atomic E-state index is -0.334. The van der Waals surface area contributed by atoms with E-state index in [2.05, 4.69) is 10.5 Å². The third-order valence-electron chi connectivity index (χ3n) is 3.66. The van der Waals surface area contributed by atoms with Crippen molar-refractivity contribution in [3.05, 3.63) is 46.7 Å². The first-order valence-corrected chi connectivity index (χ1v) is 8.08. The molecule has 0 bridgehead atoms. The highest BCUT2D eigenvalue weighted by Gasteiger charge is 2.23. The Morgan fingerprint density at radius 1 is 1.38 bits per heavy atom. The fourth-order valence-electron chi connectivity index (χ4n) is 2.20. The Hall–Kier alpha value is -2.34. The number of hydrogen-bond acceptors (Lipinski definition) is 4. The number of aryl methyl sites for hydroxylation is 1. The summed E-state index contributed by atoms with van der Waals surface area (Å²) in [5.41, 5.74) is 0.452. The lowest BCUT2D eigenvalue weighted by atomic mass is 10.1. The monoisotopic (exact) mass is 349 g/mol. The third kappa shape index (κ3) is 4.58. The molecular weight excluding hydrogens is 330 g/mol. The second-order valence-corrected chi connectivity index (χ2v) is 6.01. The van der Waals surface area contributed by atoms with Gasteiger partial charge in [-0.25, -0.2) is 0 Å². The molecule has 2 aromatic rings. The zero-order valence-electron chi connectivity index (χ0n) is 13.9. The molecule has 1 unspecified atom stereocenters. The number of benzene rings is 1. The standard InChI is InChI=1S/C17H20ClN3O3/c1-4-11(2)21(17(23)13-6-5-7-14(18)9-13)10-16(22)19-15-8-12(3)24-20-15/h5-9,11H,4,10H2,1-3H3,(H,19,20,22). The van der Waals surface area contributed by atoms with Crippen molar-refractivity contribution in [1.82, 2.24) is 10.1 Å². The second-order valence-electron chi connectivity index (χ2n) is 5.57. The van der Waals surface area contributed by atoms with Crippen molar-refractivity contribution in [2.24, 2.45) is 0 Å². The molecule has 128 valence electrons. The lowest BCUT2D eigenvalue weighted by Crippen LogP contribution is -2.43. The Morgan fingerprint density at radius 3 is 2.71 bits per heavy atom. The smallest absolute Gasteiger partial charge is 0.254 e. The van der Waals surface area contributed by atoms with E-state index in [0.717, 1.165) is 6.42 Å². The van der Waals surface area contributed by atoms with Crippen LogP contribution in [0.1, 0.15) is 36.4 Å². The number of nitrogens with one attached hydrogen (secondary N) is 1. The molecule has 1 heterocycles. The highest BCUT2D eigenvalue weighted by atomic mass is 35.5. The summed E-state index contributed by atoms with van der Waals surface area (Å²) in [5, 5.41) is 6.82. The molecule has 2 rings (SSSR count). The molecule has 24 heavy (non-hydrogen) atoms. The van der Waals surface area contributed by atoms with E-state index in [4.69, 9.17) is 16.1 Å². The van der Waals surface area contributed by atoms with Gasteiger partial charge in [-0.1, -0.05) is 29.7 Å². The molecule has 6 nitrogen and oxygen atoms in total. The Balaban J connectivity index is 2.13. The van der Waals surface area contributed by atoms with Crippen LogP contribution in [0.5, 0.6) is 0 Å². The van der Waals surface area contributed by atoms with Crippen LogP contribution in [0.4, 0.5) is 5.82 Å². The first-order valence-electron chi connectivity index (χ1n) is 7.70. The Morgan fingerprint density at radius 2 is 2.12 bits per heavy atom. The summed E-state index contributed by atoms with van der Waals surface area (Å²) in [4.78, 5) is 26.5. The Kier molecular flexibility index (Phi) is 5.98. The van der Waals surface area contributed by atoms with Crippen LogP contribution >= 0.6 is 11.6 Å². The first kappa shape index (κ1) is 18.0. The molecule has 1 aromatic carbocycles. The maximum Gasteiger partial charge on any atom is 0.254 e. The predicted molar refractivity (Wildman–Crippen MR) is 92.1 cm³/mol. The number of hydrogen-bond donors (Lipinski definition) is 1. The van der Waals surface area contributed by atoms with Crippen molar-refractivity contribution in [1.29, 1.82) is 0 Å². The van der Waals surface area contributed by atoms with Crippen molar-refractivity contribution in [2.75, 3.05) is 11.9 Å². The molecule has 0 spiro atoms. The van der Waals surface area contributed by atoms with E-state index in [9.17, 15) is 9.59 Å². The van der Waals surface area contributed by atoms with Crippen molar-refractivity contribution in [3.63, 3.8) is 0 Å². The van der Waals surface area contributed by atoms with Gasteiger partial charge in [-0.3, -0.25) is 9.59 Å². The summed E-state index contributed by atoms with van der Waals surface area (Å²) in [6, 6.07) is 8.21. The summed E-state index contributed by atoms with van der Waals surface area (Å²) in [5.74, 6) is 0.355. The predicted octanol–water partition coefficient (Wildman–Crippen LogP) is 3.52. The number of rotatable bonds is 6. The fourth-order valence-corrected chi connectivity index (χ4v) is 2.39. The summed E-state index contributed by atoms with van der Waals surface area (Å²) >= 11 is 5.95. The van der Waals surface area contributed by atoms with Crippen molar-refractivity contribution < 1.29 is 14.1 Å². The highest BCUT2D eigenvalue weighted by molar-refractivity contribution is 6.31. The van der Waals surface area contributed by atoms with Crippen LogP contribution in [0, 0.1) is 6.92 Å². The largest absolute Gasteiger partial charge is 0.360 e. The molecule has 1 N–H and O–H groups in total. The van der Waals surface area contributed by atoms with Gasteiger partial charge in [0.15, 0.2) is 5.82 Å². The molecule has 0 saturated heterocycles. The van der Waals surface area contributed by atoms with Gasteiger partial charge in [-0.2, -0.15) is 0 Å². The van der Waals surface area contributed by atoms with Crippen LogP contribution in [-0.2, 0) is 4.79 Å². The maximum absolute atomic E-state index is 12.7. The van der Waals surface area contributed by atoms with Gasteiger partial charge in [-0.15, -0.1) is 0 Å². The van der Waals surface area contributed by atoms with Gasteiger partial charge < -0.3 is 14.7 Å². The van der Waals surface area contributed by atoms with E-state index in [-0.39, 0.29) is 24.4 Å². The molecule has 0 aliphatic carbocycles. The summed E-state index contributed by atoms with van der Waals surface area (Å²) < 4.78 is 4.91. The molecule has 1 aromatic heterocycles. The van der Waals surface area contributed by atoms with Crippen LogP contribution in [-0.4, -0.2) is 34.5 Å². The molecule has 7 heteroatoms. The average Bonchev–Trinajstić information content (AvgIpc) is 2.96. The molecule has 0 radical (unpaired) electrons. The molecule has 0 saturated carbocycles. The van der Waals surface area contributed by atoms with Crippen molar-refractivity contribution >= 4 is 29.2 Å². The molecular formula is C17H20ClN3O3. The minimum Gasteiger partial charge on any atom is -0.360 e. The van der Waals surface area contributed by atoms with Crippen LogP contribution in [0.3, 0.4) is 0 Å². The van der Waals surface area contributed by atoms with Crippen molar-refractivity contribution in [2.45, 2.75) is 33.2 Å². The third-order valence-corrected chi connectivity index (χ3v) is 3.90. The number of carbonyl (C=O) groups excluding carboxylic acids is 2. The van der Waals surface area contributed by atoms with Gasteiger partial charge in [0.1, 0.15) is 12.3 Å². The lowest BCUT2D eigenvalue weighted by molar-refractivity contribution is -0.117. The number of carbonyl (C=O) groups is 2. The number of anilines is 1. The number of nitrogens with zero attached hydrogens (tertiary/aromatic N) is 2. The van der Waals surface area contributed by atoms with Crippen molar-refractivity contribution in [3.8, 4) is 0 Å². The molecule has 1 atom stereocenters. The van der Waals surface area contributed by atoms with Crippen LogP contribution in [0.15, 0.2) is 34.9 Å². The number of aromatic nitrogens is 1. The van der Waals surface area contributed by atoms with Gasteiger partial charge in [0.05, 0.1) is 0 Å². The van der Waals surface area contributed by atoms with Gasteiger partial charge in [0.2, 0.25) is 5.91 Å². The van der Waals surface area contributed by atoms with Gasteiger partial charge >= 0.3 is 0 Å². The molecule has 0 fully saturated rings. The average molecular weight is 350 g/mol. The van der Waals surface area contributed by atoms with E-state index in [1.807, 2.05) is 13.8 Å². The zero-order chi connectivity index (χ0) is 17.7. The summed E-state index contributed by atoms with van der Waals surface area (Å²) in [6.07, 6.45) is 0.725. The first-order chi connectivity index (χ1) is 11.4. The fraction of sp³-hybridized carbons (Fsp3) is 0.353. The molecule has 2 amide bonds. The van der Waals surface area contributed by atoms with Crippen LogP contribution in [0.25, 0.3) is 0 Å². The normalized spacial score (nSPS) is 11.8.